The van der Waals surface area contributed by atoms with Crippen LogP contribution in [0.3, 0.4) is 0 Å². The lowest BCUT2D eigenvalue weighted by molar-refractivity contribution is 0.311. The van der Waals surface area contributed by atoms with Gasteiger partial charge in [0.05, 0.1) is 4.90 Å². The first kappa shape index (κ1) is 17.6. The van der Waals surface area contributed by atoms with Crippen LogP contribution in [0.15, 0.2) is 16.3 Å². The number of thiophene rings is 1. The Balaban J connectivity index is 2.77. The molecule has 1 aromatic rings. The van der Waals surface area contributed by atoms with Crippen LogP contribution in [-0.2, 0) is 16.6 Å². The third kappa shape index (κ3) is 5.16. The zero-order valence-electron chi connectivity index (χ0n) is 13.1. The Morgan fingerprint density at radius 3 is 2.55 bits per heavy atom. The quantitative estimate of drug-likeness (QED) is 0.786. The number of sulfonamides is 1. The maximum atomic E-state index is 12.5. The number of nitrogens with zero attached hydrogens (tertiary/aromatic N) is 1. The highest BCUT2D eigenvalue weighted by Gasteiger charge is 2.26. The summed E-state index contributed by atoms with van der Waals surface area (Å²) in [6.07, 6.45) is 1.07. The zero-order valence-corrected chi connectivity index (χ0v) is 14.7. The van der Waals surface area contributed by atoms with Crippen LogP contribution in [0.4, 0.5) is 0 Å². The summed E-state index contributed by atoms with van der Waals surface area (Å²) >= 11 is 1.49. The normalized spacial score (nSPS) is 13.1. The van der Waals surface area contributed by atoms with Gasteiger partial charge in [0.25, 0.3) is 0 Å². The number of hydrogen-bond acceptors (Lipinski definition) is 4. The molecule has 0 saturated carbocycles. The predicted octanol–water partition coefficient (Wildman–Crippen LogP) is 2.91. The molecular weight excluding hydrogens is 292 g/mol. The van der Waals surface area contributed by atoms with Crippen molar-refractivity contribution in [2.24, 2.45) is 5.41 Å². The van der Waals surface area contributed by atoms with Crippen LogP contribution in [-0.4, -0.2) is 32.9 Å². The molecule has 0 aromatic carbocycles. The van der Waals surface area contributed by atoms with E-state index in [0.717, 1.165) is 24.4 Å². The van der Waals surface area contributed by atoms with Gasteiger partial charge in [-0.3, -0.25) is 0 Å². The van der Waals surface area contributed by atoms with Gasteiger partial charge in [-0.15, -0.1) is 11.3 Å². The van der Waals surface area contributed by atoms with Gasteiger partial charge in [0.1, 0.15) is 0 Å². The van der Waals surface area contributed by atoms with E-state index >= 15 is 0 Å². The van der Waals surface area contributed by atoms with Crippen molar-refractivity contribution < 1.29 is 8.42 Å². The van der Waals surface area contributed by atoms with Gasteiger partial charge in [0.15, 0.2) is 0 Å². The Bertz CT molecular complexity index is 516. The van der Waals surface area contributed by atoms with E-state index < -0.39 is 10.0 Å². The lowest BCUT2D eigenvalue weighted by atomic mass is 9.97. The summed E-state index contributed by atoms with van der Waals surface area (Å²) < 4.78 is 26.4. The average molecular weight is 319 g/mol. The van der Waals surface area contributed by atoms with Crippen molar-refractivity contribution in [1.82, 2.24) is 9.62 Å². The minimum Gasteiger partial charge on any atom is -0.312 e. The molecule has 4 nitrogen and oxygen atoms in total. The van der Waals surface area contributed by atoms with Gasteiger partial charge in [0, 0.05) is 30.4 Å². The Hall–Kier alpha value is -0.430. The van der Waals surface area contributed by atoms with Crippen molar-refractivity contribution in [3.8, 4) is 0 Å². The molecule has 0 aliphatic heterocycles. The van der Waals surface area contributed by atoms with E-state index in [1.165, 1.54) is 15.6 Å². The van der Waals surface area contributed by atoms with E-state index in [2.05, 4.69) is 12.2 Å². The standard InChI is InChI=1S/C14H26N2O2S2/c1-6-7-15-9-12-8-13(10-19-12)20(17,18)16(5)11-14(2,3)4/h8,10,15H,6-7,9,11H2,1-5H3. The van der Waals surface area contributed by atoms with Crippen molar-refractivity contribution >= 4 is 21.4 Å². The second-order valence-corrected chi connectivity index (χ2v) is 9.29. The van der Waals surface area contributed by atoms with Crippen LogP contribution in [0.2, 0.25) is 0 Å². The Morgan fingerprint density at radius 1 is 1.35 bits per heavy atom. The van der Waals surface area contributed by atoms with Crippen LogP contribution < -0.4 is 5.32 Å². The third-order valence-electron chi connectivity index (χ3n) is 2.76. The van der Waals surface area contributed by atoms with Gasteiger partial charge in [-0.2, -0.15) is 0 Å². The molecule has 0 amide bonds. The lowest BCUT2D eigenvalue weighted by Gasteiger charge is -2.25. The average Bonchev–Trinajstić information content (AvgIpc) is 2.76. The summed E-state index contributed by atoms with van der Waals surface area (Å²) in [5.41, 5.74) is -0.0522. The SMILES string of the molecule is CCCNCc1cc(S(=O)(=O)N(C)CC(C)(C)C)cs1. The van der Waals surface area contributed by atoms with Crippen LogP contribution in [0, 0.1) is 5.41 Å². The fraction of sp³-hybridized carbons (Fsp3) is 0.714. The fourth-order valence-electron chi connectivity index (χ4n) is 1.91. The Morgan fingerprint density at radius 2 is 2.00 bits per heavy atom. The number of hydrogen-bond donors (Lipinski definition) is 1. The minimum absolute atomic E-state index is 0.0522. The van der Waals surface area contributed by atoms with Crippen molar-refractivity contribution in [3.63, 3.8) is 0 Å². The monoisotopic (exact) mass is 318 g/mol. The summed E-state index contributed by atoms with van der Waals surface area (Å²) in [5.74, 6) is 0. The molecule has 0 spiro atoms. The molecule has 0 unspecified atom stereocenters. The second-order valence-electron chi connectivity index (χ2n) is 6.25. The van der Waals surface area contributed by atoms with Gasteiger partial charge in [-0.1, -0.05) is 27.7 Å². The first-order chi connectivity index (χ1) is 9.16. The third-order valence-corrected chi connectivity index (χ3v) is 5.63. The molecule has 0 fully saturated rings. The molecular formula is C14H26N2O2S2. The van der Waals surface area contributed by atoms with Gasteiger partial charge < -0.3 is 5.32 Å². The van der Waals surface area contributed by atoms with E-state index in [1.54, 1.807) is 18.5 Å². The molecule has 0 atom stereocenters. The van der Waals surface area contributed by atoms with Crippen molar-refractivity contribution in [3.05, 3.63) is 16.3 Å². The van der Waals surface area contributed by atoms with Crippen molar-refractivity contribution in [2.75, 3.05) is 20.1 Å². The van der Waals surface area contributed by atoms with E-state index in [0.29, 0.717) is 11.4 Å². The predicted molar refractivity (Wildman–Crippen MR) is 85.6 cm³/mol. The molecule has 0 radical (unpaired) electrons. The summed E-state index contributed by atoms with van der Waals surface area (Å²) in [4.78, 5) is 1.46. The number of nitrogens with one attached hydrogen (secondary N) is 1. The molecule has 0 aliphatic rings. The Kier molecular flexibility index (Phi) is 6.19. The zero-order chi connectivity index (χ0) is 15.4. The maximum Gasteiger partial charge on any atom is 0.243 e. The van der Waals surface area contributed by atoms with E-state index in [9.17, 15) is 8.42 Å². The topological polar surface area (TPSA) is 49.4 Å². The number of rotatable bonds is 7. The van der Waals surface area contributed by atoms with Crippen LogP contribution >= 0.6 is 11.3 Å². The highest BCUT2D eigenvalue weighted by Crippen LogP contribution is 2.24. The molecule has 1 heterocycles. The summed E-state index contributed by atoms with van der Waals surface area (Å²) in [6, 6.07) is 1.78. The first-order valence-corrected chi connectivity index (χ1v) is 9.23. The highest BCUT2D eigenvalue weighted by atomic mass is 32.2. The van der Waals surface area contributed by atoms with Crippen LogP contribution in [0.1, 0.15) is 39.0 Å². The fourth-order valence-corrected chi connectivity index (χ4v) is 4.54. The molecule has 1 rings (SSSR count). The van der Waals surface area contributed by atoms with Crippen molar-refractivity contribution in [1.29, 1.82) is 0 Å². The Labute approximate surface area is 127 Å². The lowest BCUT2D eigenvalue weighted by Crippen LogP contribution is -2.34. The molecule has 0 saturated heterocycles. The molecule has 20 heavy (non-hydrogen) atoms. The van der Waals surface area contributed by atoms with Crippen LogP contribution in [0.25, 0.3) is 0 Å². The summed E-state index contributed by atoms with van der Waals surface area (Å²) in [5, 5.41) is 5.02. The van der Waals surface area contributed by atoms with Crippen molar-refractivity contribution in [2.45, 2.75) is 45.6 Å². The second kappa shape index (κ2) is 7.02. The maximum absolute atomic E-state index is 12.5. The summed E-state index contributed by atoms with van der Waals surface area (Å²) in [7, 11) is -1.72. The van der Waals surface area contributed by atoms with Gasteiger partial charge >= 0.3 is 0 Å². The smallest absolute Gasteiger partial charge is 0.243 e. The highest BCUT2D eigenvalue weighted by molar-refractivity contribution is 7.89. The van der Waals surface area contributed by atoms with E-state index in [1.807, 2.05) is 20.8 Å². The molecule has 0 aliphatic carbocycles. The minimum atomic E-state index is -3.37. The largest absolute Gasteiger partial charge is 0.312 e. The molecule has 1 aromatic heterocycles. The van der Waals surface area contributed by atoms with Crippen LogP contribution in [0.5, 0.6) is 0 Å². The molecule has 6 heteroatoms. The molecule has 116 valence electrons. The van der Waals surface area contributed by atoms with Gasteiger partial charge in [0.2, 0.25) is 10.0 Å². The molecule has 1 N–H and O–H groups in total. The van der Waals surface area contributed by atoms with E-state index in [-0.39, 0.29) is 5.41 Å². The van der Waals surface area contributed by atoms with E-state index in [4.69, 9.17) is 0 Å². The first-order valence-electron chi connectivity index (χ1n) is 6.91. The van der Waals surface area contributed by atoms with Gasteiger partial charge in [-0.25, -0.2) is 12.7 Å². The molecule has 0 bridgehead atoms. The summed E-state index contributed by atoms with van der Waals surface area (Å²) in [6.45, 7) is 10.4. The van der Waals surface area contributed by atoms with Gasteiger partial charge in [-0.05, 0) is 24.4 Å².